The fraction of sp³-hybridized carbons (Fsp3) is 0.923. The van der Waals surface area contributed by atoms with Crippen LogP contribution < -0.4 is 5.32 Å². The zero-order chi connectivity index (χ0) is 14.8. The highest BCUT2D eigenvalue weighted by atomic mass is 32.2. The predicted octanol–water partition coefficient (Wildman–Crippen LogP) is -0.132. The van der Waals surface area contributed by atoms with Gasteiger partial charge in [-0.3, -0.25) is 4.79 Å². The standard InChI is InChI=1S/C13H25N3O3S/c1-3-10-20(18,19)16-8-6-15(7-9-16)13(17)12-4-5-14-11(12)2/h11-12,14H,3-10H2,1-2H3. The third-order valence-electron chi connectivity index (χ3n) is 4.25. The fourth-order valence-corrected chi connectivity index (χ4v) is 4.50. The molecule has 2 fully saturated rings. The Morgan fingerprint density at radius 2 is 1.90 bits per heavy atom. The number of rotatable bonds is 4. The van der Waals surface area contributed by atoms with Gasteiger partial charge in [0.05, 0.1) is 11.7 Å². The Bertz CT molecular complexity index is 444. The van der Waals surface area contributed by atoms with Crippen LogP contribution in [0.3, 0.4) is 0 Å². The van der Waals surface area contributed by atoms with Crippen LogP contribution in [-0.4, -0.2) is 68.0 Å². The van der Waals surface area contributed by atoms with Crippen molar-refractivity contribution < 1.29 is 13.2 Å². The van der Waals surface area contributed by atoms with Crippen molar-refractivity contribution in [3.63, 3.8) is 0 Å². The van der Waals surface area contributed by atoms with Crippen molar-refractivity contribution in [2.24, 2.45) is 5.92 Å². The Morgan fingerprint density at radius 1 is 1.25 bits per heavy atom. The zero-order valence-electron chi connectivity index (χ0n) is 12.3. The summed E-state index contributed by atoms with van der Waals surface area (Å²) < 4.78 is 25.5. The molecule has 2 aliphatic rings. The molecule has 0 bridgehead atoms. The van der Waals surface area contributed by atoms with Crippen molar-refractivity contribution in [2.45, 2.75) is 32.7 Å². The van der Waals surface area contributed by atoms with Crippen LogP contribution in [0.25, 0.3) is 0 Å². The molecule has 6 nitrogen and oxygen atoms in total. The maximum absolute atomic E-state index is 12.4. The first kappa shape index (κ1) is 15.7. The lowest BCUT2D eigenvalue weighted by Crippen LogP contribution is -2.53. The summed E-state index contributed by atoms with van der Waals surface area (Å²) in [6, 6.07) is 0.226. The molecule has 0 spiro atoms. The molecule has 2 saturated heterocycles. The molecule has 2 aliphatic heterocycles. The highest BCUT2D eigenvalue weighted by Gasteiger charge is 2.35. The van der Waals surface area contributed by atoms with Crippen LogP contribution in [0.1, 0.15) is 26.7 Å². The molecule has 7 heteroatoms. The molecule has 1 amide bonds. The van der Waals surface area contributed by atoms with E-state index in [1.54, 1.807) is 0 Å². The van der Waals surface area contributed by atoms with Crippen LogP contribution in [-0.2, 0) is 14.8 Å². The van der Waals surface area contributed by atoms with Crippen LogP contribution in [0.2, 0.25) is 0 Å². The van der Waals surface area contributed by atoms with Gasteiger partial charge in [0.25, 0.3) is 0 Å². The SMILES string of the molecule is CCCS(=O)(=O)N1CCN(C(=O)C2CCNC2C)CC1. The van der Waals surface area contributed by atoms with Gasteiger partial charge in [-0.1, -0.05) is 6.92 Å². The summed E-state index contributed by atoms with van der Waals surface area (Å²) in [5, 5.41) is 3.29. The maximum Gasteiger partial charge on any atom is 0.227 e. The number of amides is 1. The van der Waals surface area contributed by atoms with E-state index in [9.17, 15) is 13.2 Å². The summed E-state index contributed by atoms with van der Waals surface area (Å²) >= 11 is 0. The minimum absolute atomic E-state index is 0.0498. The highest BCUT2D eigenvalue weighted by molar-refractivity contribution is 7.89. The third-order valence-corrected chi connectivity index (χ3v) is 6.32. The first-order valence-corrected chi connectivity index (χ1v) is 9.06. The van der Waals surface area contributed by atoms with Gasteiger partial charge in [-0.15, -0.1) is 0 Å². The first-order chi connectivity index (χ1) is 9.45. The predicted molar refractivity (Wildman–Crippen MR) is 77.8 cm³/mol. The minimum Gasteiger partial charge on any atom is -0.340 e. The summed E-state index contributed by atoms with van der Waals surface area (Å²) in [5.74, 6) is 0.425. The van der Waals surface area contributed by atoms with Crippen molar-refractivity contribution in [3.8, 4) is 0 Å². The lowest BCUT2D eigenvalue weighted by atomic mass is 10.00. The lowest BCUT2D eigenvalue weighted by Gasteiger charge is -2.35. The van der Waals surface area contributed by atoms with E-state index >= 15 is 0 Å². The second-order valence-electron chi connectivity index (χ2n) is 5.68. The van der Waals surface area contributed by atoms with E-state index in [4.69, 9.17) is 0 Å². The Hall–Kier alpha value is -0.660. The molecular formula is C13H25N3O3S. The smallest absolute Gasteiger partial charge is 0.227 e. The molecule has 2 rings (SSSR count). The number of hydrogen-bond acceptors (Lipinski definition) is 4. The largest absolute Gasteiger partial charge is 0.340 e. The summed E-state index contributed by atoms with van der Waals surface area (Å²) in [6.07, 6.45) is 1.51. The van der Waals surface area contributed by atoms with E-state index in [-0.39, 0.29) is 23.6 Å². The van der Waals surface area contributed by atoms with Gasteiger partial charge < -0.3 is 10.2 Å². The third kappa shape index (κ3) is 3.32. The van der Waals surface area contributed by atoms with Crippen molar-refractivity contribution in [1.82, 2.24) is 14.5 Å². The molecule has 116 valence electrons. The normalized spacial score (nSPS) is 28.8. The summed E-state index contributed by atoms with van der Waals surface area (Å²) in [7, 11) is -3.13. The van der Waals surface area contributed by atoms with Crippen molar-refractivity contribution in [2.75, 3.05) is 38.5 Å². The van der Waals surface area contributed by atoms with Crippen molar-refractivity contribution in [1.29, 1.82) is 0 Å². The van der Waals surface area contributed by atoms with Gasteiger partial charge >= 0.3 is 0 Å². The Labute approximate surface area is 121 Å². The Balaban J connectivity index is 1.89. The Kier molecular flexibility index (Phi) is 5.04. The Morgan fingerprint density at radius 3 is 2.40 bits per heavy atom. The van der Waals surface area contributed by atoms with Gasteiger partial charge in [0, 0.05) is 32.2 Å². The quantitative estimate of drug-likeness (QED) is 0.785. The van der Waals surface area contributed by atoms with Crippen molar-refractivity contribution in [3.05, 3.63) is 0 Å². The van der Waals surface area contributed by atoms with E-state index in [1.165, 1.54) is 4.31 Å². The van der Waals surface area contributed by atoms with Gasteiger partial charge in [-0.05, 0) is 26.3 Å². The van der Waals surface area contributed by atoms with E-state index in [0.29, 0.717) is 32.6 Å². The van der Waals surface area contributed by atoms with E-state index in [1.807, 2.05) is 18.7 Å². The monoisotopic (exact) mass is 303 g/mol. The lowest BCUT2D eigenvalue weighted by molar-refractivity contribution is -0.136. The zero-order valence-corrected chi connectivity index (χ0v) is 13.2. The number of carbonyl (C=O) groups excluding carboxylic acids is 1. The van der Waals surface area contributed by atoms with Gasteiger partial charge in [-0.2, -0.15) is 4.31 Å². The van der Waals surface area contributed by atoms with Gasteiger partial charge in [0.2, 0.25) is 15.9 Å². The summed E-state index contributed by atoms with van der Waals surface area (Å²) in [6.45, 7) is 6.70. The maximum atomic E-state index is 12.4. The summed E-state index contributed by atoms with van der Waals surface area (Å²) in [4.78, 5) is 14.2. The van der Waals surface area contributed by atoms with Crippen LogP contribution >= 0.6 is 0 Å². The molecule has 2 heterocycles. The number of piperazine rings is 1. The minimum atomic E-state index is -3.13. The van der Waals surface area contributed by atoms with Gasteiger partial charge in [0.15, 0.2) is 0 Å². The van der Waals surface area contributed by atoms with Gasteiger partial charge in [-0.25, -0.2) is 8.42 Å². The number of nitrogens with zero attached hydrogens (tertiary/aromatic N) is 2. The first-order valence-electron chi connectivity index (χ1n) is 7.45. The number of sulfonamides is 1. The van der Waals surface area contributed by atoms with Crippen molar-refractivity contribution >= 4 is 15.9 Å². The number of nitrogens with one attached hydrogen (secondary N) is 1. The molecular weight excluding hydrogens is 278 g/mol. The van der Waals surface area contributed by atoms with Gasteiger partial charge in [0.1, 0.15) is 0 Å². The number of hydrogen-bond donors (Lipinski definition) is 1. The molecule has 0 saturated carbocycles. The molecule has 1 N–H and O–H groups in total. The molecule has 0 aliphatic carbocycles. The fourth-order valence-electron chi connectivity index (χ4n) is 3.00. The highest BCUT2D eigenvalue weighted by Crippen LogP contribution is 2.19. The van der Waals surface area contributed by atoms with E-state index < -0.39 is 10.0 Å². The molecule has 0 aromatic heterocycles. The molecule has 0 aromatic rings. The second kappa shape index (κ2) is 6.41. The molecule has 0 aromatic carbocycles. The number of carbonyl (C=O) groups is 1. The average molecular weight is 303 g/mol. The molecule has 2 unspecified atom stereocenters. The van der Waals surface area contributed by atoms with Crippen LogP contribution in [0.15, 0.2) is 0 Å². The average Bonchev–Trinajstić information content (AvgIpc) is 2.84. The van der Waals surface area contributed by atoms with Crippen LogP contribution in [0.4, 0.5) is 0 Å². The molecule has 2 atom stereocenters. The van der Waals surface area contributed by atoms with Crippen LogP contribution in [0.5, 0.6) is 0 Å². The summed E-state index contributed by atoms with van der Waals surface area (Å²) in [5.41, 5.74) is 0. The van der Waals surface area contributed by atoms with E-state index in [0.717, 1.165) is 13.0 Å². The topological polar surface area (TPSA) is 69.7 Å². The second-order valence-corrected chi connectivity index (χ2v) is 7.77. The molecule has 20 heavy (non-hydrogen) atoms. The van der Waals surface area contributed by atoms with Crippen LogP contribution in [0, 0.1) is 5.92 Å². The molecule has 0 radical (unpaired) electrons. The van der Waals surface area contributed by atoms with E-state index in [2.05, 4.69) is 5.32 Å².